The Morgan fingerprint density at radius 3 is 2.64 bits per heavy atom. The third kappa shape index (κ3) is 7.50. The van der Waals surface area contributed by atoms with Crippen molar-refractivity contribution >= 4 is 38.8 Å². The number of aryl methyl sites for hydroxylation is 2. The van der Waals surface area contributed by atoms with E-state index in [1.54, 1.807) is 33.4 Å². The van der Waals surface area contributed by atoms with Crippen LogP contribution in [0.25, 0.3) is 0 Å². The van der Waals surface area contributed by atoms with E-state index in [2.05, 4.69) is 26.5 Å². The second-order valence-electron chi connectivity index (χ2n) is 15.0. The van der Waals surface area contributed by atoms with Gasteiger partial charge in [-0.3, -0.25) is 14.3 Å². The SMILES string of the molecule is COc1nn(C)cc1C(=O)C[S@@]1(=O)=NC(=O)c2ccc3c(n2)N(C[C@@H]2CC[C@H]2[C@@H](OC)/C=C/[C@H](OC)[C@H](C)C1)C[C@@]1(CCCc2cc(Cl)ccc21)CO3. The molecule has 7 rings (SSSR count). The van der Waals surface area contributed by atoms with Crippen LogP contribution in [-0.2, 0) is 38.1 Å². The van der Waals surface area contributed by atoms with E-state index in [-0.39, 0.29) is 46.2 Å². The number of rotatable bonds is 6. The molecule has 1 saturated carbocycles. The van der Waals surface area contributed by atoms with Gasteiger partial charge in [-0.2, -0.15) is 4.36 Å². The molecule has 1 spiro atoms. The number of anilines is 1. The third-order valence-electron chi connectivity index (χ3n) is 11.5. The van der Waals surface area contributed by atoms with Crippen molar-refractivity contribution < 1.29 is 32.7 Å². The molecule has 53 heavy (non-hydrogen) atoms. The molecule has 12 nitrogen and oxygen atoms in total. The van der Waals surface area contributed by atoms with Crippen molar-refractivity contribution in [1.82, 2.24) is 14.8 Å². The first-order valence-electron chi connectivity index (χ1n) is 18.2. The Kier molecular flexibility index (Phi) is 10.7. The highest BCUT2D eigenvalue weighted by atomic mass is 35.5. The maximum absolute atomic E-state index is 14.9. The van der Waals surface area contributed by atoms with Crippen molar-refractivity contribution in [3.05, 3.63) is 76.1 Å². The van der Waals surface area contributed by atoms with Crippen molar-refractivity contribution in [1.29, 1.82) is 0 Å². The van der Waals surface area contributed by atoms with Gasteiger partial charge in [-0.15, -0.1) is 5.10 Å². The lowest BCUT2D eigenvalue weighted by Crippen LogP contribution is -2.49. The van der Waals surface area contributed by atoms with Gasteiger partial charge in [0.15, 0.2) is 17.4 Å². The average molecular weight is 766 g/mol. The number of Topliss-reactive ketones (excluding diaryl/α,β-unsaturated/α-hetero) is 1. The fourth-order valence-corrected chi connectivity index (χ4v) is 11.1. The maximum atomic E-state index is 14.9. The Labute approximate surface area is 316 Å². The molecule has 2 aliphatic heterocycles. The second-order valence-corrected chi connectivity index (χ2v) is 17.8. The number of methoxy groups -OCH3 is 3. The van der Waals surface area contributed by atoms with Crippen molar-refractivity contribution in [3.8, 4) is 11.6 Å². The minimum Gasteiger partial charge on any atom is -0.489 e. The van der Waals surface area contributed by atoms with E-state index in [9.17, 15) is 13.8 Å². The number of ether oxygens (including phenoxy) is 4. The standard InChI is InChI=1S/C39H48ClN5O7S/c1-24-20-53(48,21-32(46)29-19-44(2)42-38(29)51-5)43-37(47)31-12-13-35-36(41-31)45(18-26-8-10-28(26)34(50-4)15-14-33(24)49-3)22-39(23-52-35)16-6-7-25-17-27(40)9-11-30(25)39/h9,11-15,17,19,24,26,28,33-34H,6-8,10,16,18,20-23H2,1-5H3/b15-14+/t24-,26+,28-,33+,34+,39+,53-/m1/s1. The number of hydrogen-bond acceptors (Lipinski definition) is 10. The maximum Gasteiger partial charge on any atom is 0.303 e. The summed E-state index contributed by atoms with van der Waals surface area (Å²) in [5, 5.41) is 4.90. The zero-order valence-electron chi connectivity index (χ0n) is 31.0. The van der Waals surface area contributed by atoms with Crippen molar-refractivity contribution in [2.24, 2.45) is 29.2 Å². The molecule has 2 aliphatic carbocycles. The largest absolute Gasteiger partial charge is 0.489 e. The van der Waals surface area contributed by atoms with Gasteiger partial charge in [0.1, 0.15) is 11.3 Å². The minimum absolute atomic E-state index is 0.0334. The molecule has 4 heterocycles. The van der Waals surface area contributed by atoms with Crippen LogP contribution in [0.1, 0.15) is 64.6 Å². The van der Waals surface area contributed by atoms with Crippen LogP contribution >= 0.6 is 11.6 Å². The highest BCUT2D eigenvalue weighted by Gasteiger charge is 2.45. The molecule has 4 aliphatic rings. The summed E-state index contributed by atoms with van der Waals surface area (Å²) in [6.07, 6.45) is 9.77. The highest BCUT2D eigenvalue weighted by Crippen LogP contribution is 2.46. The third-order valence-corrected chi connectivity index (χ3v) is 14.0. The summed E-state index contributed by atoms with van der Waals surface area (Å²) in [5.41, 5.74) is 2.34. The van der Waals surface area contributed by atoms with Crippen LogP contribution in [0.3, 0.4) is 0 Å². The fourth-order valence-electron chi connectivity index (χ4n) is 8.68. The number of ketones is 1. The summed E-state index contributed by atoms with van der Waals surface area (Å²) in [6, 6.07) is 9.50. The van der Waals surface area contributed by atoms with Crippen LogP contribution in [0.2, 0.25) is 5.02 Å². The molecule has 1 fully saturated rings. The van der Waals surface area contributed by atoms with Crippen LogP contribution in [-0.4, -0.2) is 95.4 Å². The predicted octanol–water partition coefficient (Wildman–Crippen LogP) is 5.70. The molecule has 3 aromatic rings. The Bertz CT molecular complexity index is 2040. The fraction of sp³-hybridized carbons (Fsp3) is 0.538. The zero-order valence-corrected chi connectivity index (χ0v) is 32.5. The van der Waals surface area contributed by atoms with E-state index < -0.39 is 33.3 Å². The highest BCUT2D eigenvalue weighted by molar-refractivity contribution is 7.94. The van der Waals surface area contributed by atoms with Gasteiger partial charge < -0.3 is 23.8 Å². The molecular formula is C39H48ClN5O7S. The molecule has 1 aromatic carbocycles. The number of amides is 1. The number of pyridine rings is 1. The lowest BCUT2D eigenvalue weighted by Gasteiger charge is -2.45. The topological polar surface area (TPSA) is 134 Å². The molecule has 0 N–H and O–H groups in total. The summed E-state index contributed by atoms with van der Waals surface area (Å²) in [4.78, 5) is 35.0. The first kappa shape index (κ1) is 37.5. The number of aromatic nitrogens is 3. The molecule has 0 radical (unpaired) electrons. The van der Waals surface area contributed by atoms with Gasteiger partial charge >= 0.3 is 5.91 Å². The van der Waals surface area contributed by atoms with Crippen LogP contribution in [0, 0.1) is 17.8 Å². The van der Waals surface area contributed by atoms with Gasteiger partial charge in [-0.05, 0) is 85.3 Å². The van der Waals surface area contributed by atoms with E-state index in [0.29, 0.717) is 37.2 Å². The molecule has 284 valence electrons. The summed E-state index contributed by atoms with van der Waals surface area (Å²) in [5.74, 6) is -0.427. The van der Waals surface area contributed by atoms with Crippen LogP contribution < -0.4 is 14.4 Å². The van der Waals surface area contributed by atoms with E-state index in [4.69, 9.17) is 35.5 Å². The van der Waals surface area contributed by atoms with Crippen molar-refractivity contribution in [2.75, 3.05) is 57.4 Å². The average Bonchev–Trinajstić information content (AvgIpc) is 3.44. The zero-order chi connectivity index (χ0) is 37.5. The van der Waals surface area contributed by atoms with Crippen LogP contribution in [0.15, 0.2) is 53.0 Å². The number of nitrogens with zero attached hydrogens (tertiary/aromatic N) is 5. The molecule has 1 amide bonds. The monoisotopic (exact) mass is 765 g/mol. The Balaban J connectivity index is 1.33. The molecular weight excluding hydrogens is 718 g/mol. The Hall–Kier alpha value is -3.78. The Morgan fingerprint density at radius 2 is 1.91 bits per heavy atom. The lowest BCUT2D eigenvalue weighted by atomic mass is 9.68. The first-order chi connectivity index (χ1) is 25.4. The molecule has 7 atom stereocenters. The van der Waals surface area contributed by atoms with Gasteiger partial charge in [-0.25, -0.2) is 9.19 Å². The van der Waals surface area contributed by atoms with Crippen molar-refractivity contribution in [3.63, 3.8) is 0 Å². The number of carbonyl (C=O) groups excluding carboxylic acids is 2. The summed E-state index contributed by atoms with van der Waals surface area (Å²) >= 11 is 6.46. The smallest absolute Gasteiger partial charge is 0.303 e. The van der Waals surface area contributed by atoms with E-state index in [1.807, 2.05) is 25.1 Å². The Morgan fingerprint density at radius 1 is 1.11 bits per heavy atom. The molecule has 2 aromatic heterocycles. The number of carbonyl (C=O) groups is 2. The van der Waals surface area contributed by atoms with E-state index in [0.717, 1.165) is 37.1 Å². The minimum atomic E-state index is -3.51. The van der Waals surface area contributed by atoms with Crippen molar-refractivity contribution in [2.45, 2.75) is 56.7 Å². The molecule has 2 bridgehead atoms. The predicted molar refractivity (Wildman–Crippen MR) is 203 cm³/mol. The first-order valence-corrected chi connectivity index (χ1v) is 20.5. The summed E-state index contributed by atoms with van der Waals surface area (Å²) in [6.45, 7) is 3.65. The molecule has 0 unspecified atom stereocenters. The van der Waals surface area contributed by atoms with Gasteiger partial charge in [0.25, 0.3) is 0 Å². The van der Waals surface area contributed by atoms with Gasteiger partial charge in [0.05, 0.1) is 41.4 Å². The summed E-state index contributed by atoms with van der Waals surface area (Å²) in [7, 11) is 2.89. The number of benzene rings is 1. The second kappa shape index (κ2) is 15.2. The number of fused-ring (bicyclic) bond motifs is 4. The van der Waals surface area contributed by atoms with Gasteiger partial charge in [-0.1, -0.05) is 36.7 Å². The molecule has 0 saturated heterocycles. The summed E-state index contributed by atoms with van der Waals surface area (Å²) < 4.78 is 44.5. The lowest BCUT2D eigenvalue weighted by molar-refractivity contribution is 0.0119. The van der Waals surface area contributed by atoms with Gasteiger partial charge in [0.2, 0.25) is 5.88 Å². The van der Waals surface area contributed by atoms with E-state index in [1.165, 1.54) is 29.1 Å². The normalized spacial score (nSPS) is 30.6. The quantitative estimate of drug-likeness (QED) is 0.227. The number of hydrogen-bond donors (Lipinski definition) is 0. The number of halogens is 1. The van der Waals surface area contributed by atoms with E-state index >= 15 is 0 Å². The van der Waals surface area contributed by atoms with Gasteiger partial charge in [0, 0.05) is 56.7 Å². The molecule has 14 heteroatoms. The van der Waals surface area contributed by atoms with Crippen LogP contribution in [0.4, 0.5) is 5.82 Å². The van der Waals surface area contributed by atoms with Crippen LogP contribution in [0.5, 0.6) is 11.6 Å².